The molecule has 1 aromatic carbocycles. The van der Waals surface area contributed by atoms with Gasteiger partial charge in [0.05, 0.1) is 15.2 Å². The first-order valence-electron chi connectivity index (χ1n) is 6.99. The predicted molar refractivity (Wildman–Crippen MR) is 87.1 cm³/mol. The van der Waals surface area contributed by atoms with Gasteiger partial charge in [-0.25, -0.2) is 0 Å². The topological polar surface area (TPSA) is 15.3 Å². The molecule has 1 aromatic rings. The largest absolute Gasteiger partial charge is 0.381 e. The number of hydrogen-bond acceptors (Lipinski definition) is 2. The molecule has 0 radical (unpaired) electrons. The predicted octanol–water partition coefficient (Wildman–Crippen LogP) is 4.63. The molecule has 0 aliphatic carbocycles. The first kappa shape index (κ1) is 15.1. The molecule has 4 heteroatoms. The molecule has 19 heavy (non-hydrogen) atoms. The van der Waals surface area contributed by atoms with Crippen LogP contribution in [0.5, 0.6) is 0 Å². The molecule has 0 aromatic heterocycles. The van der Waals surface area contributed by atoms with Gasteiger partial charge in [-0.15, -0.1) is 0 Å². The smallest absolute Gasteiger partial charge is 0.0593 e. The van der Waals surface area contributed by atoms with E-state index in [2.05, 4.69) is 46.1 Å². The number of nitrogens with one attached hydrogen (secondary N) is 1. The standard InChI is InChI=1S/C15H22BrClN2/c1-11(2)10-19-8-6-12(7-9-19)18-14-5-3-4-13(17)15(14)16/h3-5,11-12,18H,6-10H2,1-2H3. The van der Waals surface area contributed by atoms with E-state index in [1.807, 2.05) is 12.1 Å². The Kier molecular flexibility index (Phi) is 5.55. The van der Waals surface area contributed by atoms with Crippen molar-refractivity contribution >= 4 is 33.2 Å². The third-order valence-electron chi connectivity index (χ3n) is 3.52. The first-order chi connectivity index (χ1) is 9.06. The Balaban J connectivity index is 1.87. The molecule has 1 heterocycles. The average molecular weight is 346 g/mol. The average Bonchev–Trinajstić information content (AvgIpc) is 2.37. The van der Waals surface area contributed by atoms with Crippen molar-refractivity contribution in [2.75, 3.05) is 25.0 Å². The molecule has 2 nitrogen and oxygen atoms in total. The summed E-state index contributed by atoms with van der Waals surface area (Å²) in [5, 5.41) is 4.37. The molecule has 1 fully saturated rings. The summed E-state index contributed by atoms with van der Waals surface area (Å²) in [4.78, 5) is 2.57. The molecule has 1 aliphatic heterocycles. The van der Waals surface area contributed by atoms with Crippen LogP contribution in [-0.4, -0.2) is 30.6 Å². The van der Waals surface area contributed by atoms with Crippen molar-refractivity contribution in [2.24, 2.45) is 5.92 Å². The number of rotatable bonds is 4. The summed E-state index contributed by atoms with van der Waals surface area (Å²) in [5.74, 6) is 0.756. The van der Waals surface area contributed by atoms with E-state index in [9.17, 15) is 0 Å². The van der Waals surface area contributed by atoms with Crippen molar-refractivity contribution in [3.63, 3.8) is 0 Å². The van der Waals surface area contributed by atoms with Crippen LogP contribution in [0.1, 0.15) is 26.7 Å². The van der Waals surface area contributed by atoms with Crippen LogP contribution >= 0.6 is 27.5 Å². The van der Waals surface area contributed by atoms with Crippen LogP contribution in [0.2, 0.25) is 5.02 Å². The lowest BCUT2D eigenvalue weighted by molar-refractivity contribution is 0.198. The Bertz CT molecular complexity index is 415. The van der Waals surface area contributed by atoms with Crippen molar-refractivity contribution in [3.8, 4) is 0 Å². The van der Waals surface area contributed by atoms with Gasteiger partial charge in [0.25, 0.3) is 0 Å². The zero-order valence-corrected chi connectivity index (χ0v) is 14.0. The second-order valence-electron chi connectivity index (χ2n) is 5.71. The normalized spacial score (nSPS) is 17.9. The van der Waals surface area contributed by atoms with Gasteiger partial charge in [-0.3, -0.25) is 0 Å². The highest BCUT2D eigenvalue weighted by Crippen LogP contribution is 2.31. The van der Waals surface area contributed by atoms with E-state index in [0.29, 0.717) is 6.04 Å². The fourth-order valence-corrected chi connectivity index (χ4v) is 3.16. The van der Waals surface area contributed by atoms with Gasteiger partial charge in [0.1, 0.15) is 0 Å². The monoisotopic (exact) mass is 344 g/mol. The minimum absolute atomic E-state index is 0.554. The van der Waals surface area contributed by atoms with E-state index in [0.717, 1.165) is 21.1 Å². The number of halogens is 2. The molecule has 0 atom stereocenters. The lowest BCUT2D eigenvalue weighted by Gasteiger charge is -2.34. The maximum atomic E-state index is 6.12. The number of nitrogens with zero attached hydrogens (tertiary/aromatic N) is 1. The summed E-state index contributed by atoms with van der Waals surface area (Å²) in [6.45, 7) is 8.16. The zero-order chi connectivity index (χ0) is 13.8. The molecule has 0 amide bonds. The summed E-state index contributed by atoms with van der Waals surface area (Å²) < 4.78 is 0.973. The lowest BCUT2D eigenvalue weighted by atomic mass is 10.0. The van der Waals surface area contributed by atoms with Crippen LogP contribution in [0.4, 0.5) is 5.69 Å². The Morgan fingerprint density at radius 3 is 2.68 bits per heavy atom. The van der Waals surface area contributed by atoms with Crippen molar-refractivity contribution in [1.82, 2.24) is 4.90 Å². The summed E-state index contributed by atoms with van der Waals surface area (Å²) in [6, 6.07) is 6.53. The summed E-state index contributed by atoms with van der Waals surface area (Å²) in [6.07, 6.45) is 2.40. The van der Waals surface area contributed by atoms with Crippen LogP contribution in [0.3, 0.4) is 0 Å². The minimum atomic E-state index is 0.554. The van der Waals surface area contributed by atoms with Crippen LogP contribution in [0.15, 0.2) is 22.7 Å². The molecular weight excluding hydrogens is 324 g/mol. The van der Waals surface area contributed by atoms with Crippen LogP contribution < -0.4 is 5.32 Å². The van der Waals surface area contributed by atoms with Gasteiger partial charge in [0.15, 0.2) is 0 Å². The van der Waals surface area contributed by atoms with Gasteiger partial charge in [-0.2, -0.15) is 0 Å². The second kappa shape index (κ2) is 6.96. The minimum Gasteiger partial charge on any atom is -0.381 e. The quantitative estimate of drug-likeness (QED) is 0.855. The molecule has 0 spiro atoms. The highest BCUT2D eigenvalue weighted by atomic mass is 79.9. The van der Waals surface area contributed by atoms with E-state index in [1.54, 1.807) is 0 Å². The third kappa shape index (κ3) is 4.37. The number of likely N-dealkylation sites (tertiary alicyclic amines) is 1. The van der Waals surface area contributed by atoms with Crippen LogP contribution in [0.25, 0.3) is 0 Å². The Labute approximate surface area is 129 Å². The summed E-state index contributed by atoms with van der Waals surface area (Å²) in [7, 11) is 0. The van der Waals surface area contributed by atoms with E-state index in [1.165, 1.54) is 32.5 Å². The maximum absolute atomic E-state index is 6.12. The van der Waals surface area contributed by atoms with Crippen LogP contribution in [0, 0.1) is 5.92 Å². The highest BCUT2D eigenvalue weighted by Gasteiger charge is 2.20. The molecule has 1 N–H and O–H groups in total. The first-order valence-corrected chi connectivity index (χ1v) is 8.16. The van der Waals surface area contributed by atoms with Gasteiger partial charge in [-0.1, -0.05) is 31.5 Å². The highest BCUT2D eigenvalue weighted by molar-refractivity contribution is 9.10. The maximum Gasteiger partial charge on any atom is 0.0593 e. The Morgan fingerprint density at radius 2 is 2.05 bits per heavy atom. The fourth-order valence-electron chi connectivity index (χ4n) is 2.61. The summed E-state index contributed by atoms with van der Waals surface area (Å²) in [5.41, 5.74) is 1.11. The molecule has 2 rings (SSSR count). The van der Waals surface area contributed by atoms with Gasteiger partial charge in [0, 0.05) is 25.7 Å². The number of anilines is 1. The van der Waals surface area contributed by atoms with E-state index >= 15 is 0 Å². The van der Waals surface area contributed by atoms with Gasteiger partial charge < -0.3 is 10.2 Å². The van der Waals surface area contributed by atoms with E-state index in [-0.39, 0.29) is 0 Å². The number of hydrogen-bond donors (Lipinski definition) is 1. The molecule has 0 bridgehead atoms. The van der Waals surface area contributed by atoms with E-state index < -0.39 is 0 Å². The molecule has 106 valence electrons. The third-order valence-corrected chi connectivity index (χ3v) is 4.92. The van der Waals surface area contributed by atoms with Crippen LogP contribution in [-0.2, 0) is 0 Å². The number of benzene rings is 1. The van der Waals surface area contributed by atoms with Gasteiger partial charge >= 0.3 is 0 Å². The van der Waals surface area contributed by atoms with Crippen molar-refractivity contribution < 1.29 is 0 Å². The molecule has 0 saturated carbocycles. The van der Waals surface area contributed by atoms with Crippen molar-refractivity contribution in [3.05, 3.63) is 27.7 Å². The second-order valence-corrected chi connectivity index (χ2v) is 6.91. The SMILES string of the molecule is CC(C)CN1CCC(Nc2cccc(Cl)c2Br)CC1. The lowest BCUT2D eigenvalue weighted by Crippen LogP contribution is -2.40. The Morgan fingerprint density at radius 1 is 1.37 bits per heavy atom. The summed E-state index contributed by atoms with van der Waals surface area (Å²) >= 11 is 9.66. The van der Waals surface area contributed by atoms with Crippen molar-refractivity contribution in [1.29, 1.82) is 0 Å². The molecule has 1 saturated heterocycles. The molecule has 1 aliphatic rings. The zero-order valence-electron chi connectivity index (χ0n) is 11.6. The van der Waals surface area contributed by atoms with E-state index in [4.69, 9.17) is 11.6 Å². The molecular formula is C15H22BrClN2. The van der Waals surface area contributed by atoms with Gasteiger partial charge in [-0.05, 0) is 46.8 Å². The fraction of sp³-hybridized carbons (Fsp3) is 0.600. The van der Waals surface area contributed by atoms with Gasteiger partial charge in [0.2, 0.25) is 0 Å². The number of piperidine rings is 1. The molecule has 0 unspecified atom stereocenters. The van der Waals surface area contributed by atoms with Crippen molar-refractivity contribution in [2.45, 2.75) is 32.7 Å². The Hall–Kier alpha value is -0.250.